The Hall–Kier alpha value is -2.19. The van der Waals surface area contributed by atoms with E-state index < -0.39 is 0 Å². The molecule has 4 aromatic rings. The Morgan fingerprint density at radius 1 is 1.29 bits per heavy atom. The Morgan fingerprint density at radius 3 is 3.00 bits per heavy atom. The summed E-state index contributed by atoms with van der Waals surface area (Å²) in [6, 6.07) is 7.77. The maximum absolute atomic E-state index is 12.6. The molecule has 0 radical (unpaired) electrons. The van der Waals surface area contributed by atoms with Gasteiger partial charge >= 0.3 is 5.56 Å². The molecule has 0 aliphatic carbocycles. The molecule has 0 bridgehead atoms. The number of rotatable bonds is 2. The van der Waals surface area contributed by atoms with Gasteiger partial charge in [-0.2, -0.15) is 4.52 Å². The van der Waals surface area contributed by atoms with Crippen molar-refractivity contribution in [1.82, 2.24) is 24.8 Å². The lowest BCUT2D eigenvalue weighted by molar-refractivity contribution is 0.829. The zero-order chi connectivity index (χ0) is 14.4. The molecule has 0 saturated heterocycles. The summed E-state index contributed by atoms with van der Waals surface area (Å²) < 4.78 is 2.11. The van der Waals surface area contributed by atoms with Crippen molar-refractivity contribution in [2.24, 2.45) is 0 Å². The van der Waals surface area contributed by atoms with Crippen molar-refractivity contribution in [3.05, 3.63) is 40.8 Å². The van der Waals surface area contributed by atoms with E-state index in [-0.39, 0.29) is 5.56 Å². The Labute approximate surface area is 126 Å². The molecule has 0 atom stereocenters. The molecular formula is C13H9N5OS2. The second kappa shape index (κ2) is 4.68. The zero-order valence-electron chi connectivity index (χ0n) is 10.9. The molecule has 3 aromatic heterocycles. The molecular weight excluding hydrogens is 306 g/mol. The SMILES string of the molecule is CSc1nn2c(=O)c(-c3c[nH]c4ccccc34)nnc2s1. The maximum Gasteiger partial charge on any atom is 0.302 e. The van der Waals surface area contributed by atoms with Crippen molar-refractivity contribution >= 4 is 39.0 Å². The van der Waals surface area contributed by atoms with Crippen molar-refractivity contribution < 1.29 is 0 Å². The number of nitrogens with one attached hydrogen (secondary N) is 1. The van der Waals surface area contributed by atoms with Gasteiger partial charge in [0.05, 0.1) is 0 Å². The normalized spacial score (nSPS) is 11.5. The Kier molecular flexibility index (Phi) is 2.79. The predicted octanol–water partition coefficient (Wildman–Crippen LogP) is 2.42. The lowest BCUT2D eigenvalue weighted by Crippen LogP contribution is -2.18. The van der Waals surface area contributed by atoms with Crippen molar-refractivity contribution in [3.63, 3.8) is 0 Å². The van der Waals surface area contributed by atoms with E-state index in [0.29, 0.717) is 10.7 Å². The van der Waals surface area contributed by atoms with Crippen LogP contribution in [-0.4, -0.2) is 31.1 Å². The molecule has 3 heterocycles. The third-order valence-electron chi connectivity index (χ3n) is 3.19. The topological polar surface area (TPSA) is 75.9 Å². The number of hydrogen-bond acceptors (Lipinski definition) is 6. The zero-order valence-corrected chi connectivity index (χ0v) is 12.5. The van der Waals surface area contributed by atoms with Crippen LogP contribution in [0, 0.1) is 0 Å². The van der Waals surface area contributed by atoms with Crippen LogP contribution in [0.2, 0.25) is 0 Å². The van der Waals surface area contributed by atoms with E-state index in [0.717, 1.165) is 20.8 Å². The number of thioether (sulfide) groups is 1. The average Bonchev–Trinajstić information content (AvgIpc) is 3.12. The number of para-hydroxylation sites is 1. The van der Waals surface area contributed by atoms with Crippen LogP contribution in [0.3, 0.4) is 0 Å². The number of nitrogens with zero attached hydrogens (tertiary/aromatic N) is 4. The van der Waals surface area contributed by atoms with Gasteiger partial charge in [0.15, 0.2) is 10.0 Å². The van der Waals surface area contributed by atoms with Gasteiger partial charge in [-0.3, -0.25) is 4.79 Å². The minimum Gasteiger partial charge on any atom is -0.360 e. The monoisotopic (exact) mass is 315 g/mol. The average molecular weight is 315 g/mol. The van der Waals surface area contributed by atoms with Crippen LogP contribution in [0.5, 0.6) is 0 Å². The highest BCUT2D eigenvalue weighted by Gasteiger charge is 2.16. The van der Waals surface area contributed by atoms with E-state index >= 15 is 0 Å². The van der Waals surface area contributed by atoms with Gasteiger partial charge in [-0.05, 0) is 12.3 Å². The van der Waals surface area contributed by atoms with Gasteiger partial charge in [-0.25, -0.2) is 0 Å². The van der Waals surface area contributed by atoms with Crippen molar-refractivity contribution in [2.75, 3.05) is 6.26 Å². The first-order chi connectivity index (χ1) is 10.3. The van der Waals surface area contributed by atoms with E-state index in [1.165, 1.54) is 27.6 Å². The van der Waals surface area contributed by atoms with Crippen molar-refractivity contribution in [2.45, 2.75) is 4.34 Å². The second-order valence-corrected chi connectivity index (χ2v) is 6.38. The van der Waals surface area contributed by atoms with E-state index in [9.17, 15) is 4.79 Å². The highest BCUT2D eigenvalue weighted by atomic mass is 32.2. The summed E-state index contributed by atoms with van der Waals surface area (Å²) in [5, 5.41) is 13.4. The number of fused-ring (bicyclic) bond motifs is 2. The molecule has 0 aliphatic heterocycles. The lowest BCUT2D eigenvalue weighted by Gasteiger charge is -1.97. The summed E-state index contributed by atoms with van der Waals surface area (Å²) in [5.74, 6) is 0. The standard InChI is InChI=1S/C13H9N5OS2/c1-20-13-17-18-11(19)10(15-16-12(18)21-13)8-6-14-9-5-3-2-4-7(8)9/h2-6,14H,1H3. The van der Waals surface area contributed by atoms with Crippen LogP contribution in [0.15, 0.2) is 39.6 Å². The summed E-state index contributed by atoms with van der Waals surface area (Å²) in [4.78, 5) is 16.2. The van der Waals surface area contributed by atoms with Gasteiger partial charge in [0.1, 0.15) is 0 Å². The number of aromatic amines is 1. The first-order valence-corrected chi connectivity index (χ1v) is 8.19. The fraction of sp³-hybridized carbons (Fsp3) is 0.0769. The Morgan fingerprint density at radius 2 is 2.14 bits per heavy atom. The quantitative estimate of drug-likeness (QED) is 0.575. The molecule has 0 aliphatic rings. The van der Waals surface area contributed by atoms with E-state index in [4.69, 9.17) is 0 Å². The molecule has 4 rings (SSSR count). The largest absolute Gasteiger partial charge is 0.360 e. The first kappa shape index (κ1) is 12.5. The molecule has 0 amide bonds. The van der Waals surface area contributed by atoms with Crippen LogP contribution >= 0.6 is 23.1 Å². The third-order valence-corrected chi connectivity index (χ3v) is 5.07. The maximum atomic E-state index is 12.6. The minimum atomic E-state index is -0.249. The summed E-state index contributed by atoms with van der Waals surface area (Å²) >= 11 is 2.84. The molecule has 8 heteroatoms. The third kappa shape index (κ3) is 1.87. The van der Waals surface area contributed by atoms with Crippen LogP contribution in [0.4, 0.5) is 0 Å². The van der Waals surface area contributed by atoms with E-state index in [1.807, 2.05) is 30.5 Å². The number of H-pyrrole nitrogens is 1. The molecule has 0 saturated carbocycles. The summed E-state index contributed by atoms with van der Waals surface area (Å²) in [7, 11) is 0. The van der Waals surface area contributed by atoms with Crippen molar-refractivity contribution in [1.29, 1.82) is 0 Å². The van der Waals surface area contributed by atoms with Crippen molar-refractivity contribution in [3.8, 4) is 11.3 Å². The molecule has 0 spiro atoms. The van der Waals surface area contributed by atoms with Crippen LogP contribution in [0.25, 0.3) is 27.1 Å². The Balaban J connectivity index is 2.02. The molecule has 21 heavy (non-hydrogen) atoms. The number of aromatic nitrogens is 5. The smallest absolute Gasteiger partial charge is 0.302 e. The molecule has 6 nitrogen and oxygen atoms in total. The van der Waals surface area contributed by atoms with Gasteiger partial charge in [0.2, 0.25) is 4.96 Å². The molecule has 0 unspecified atom stereocenters. The van der Waals surface area contributed by atoms with Gasteiger partial charge in [0.25, 0.3) is 0 Å². The molecule has 1 aromatic carbocycles. The number of hydrogen-bond donors (Lipinski definition) is 1. The molecule has 0 fully saturated rings. The van der Waals surface area contributed by atoms with Gasteiger partial charge in [-0.1, -0.05) is 41.3 Å². The molecule has 1 N–H and O–H groups in total. The second-order valence-electron chi connectivity index (χ2n) is 4.37. The van der Waals surface area contributed by atoms with Crippen LogP contribution < -0.4 is 5.56 Å². The minimum absolute atomic E-state index is 0.249. The summed E-state index contributed by atoms with van der Waals surface area (Å²) in [6.45, 7) is 0. The Bertz CT molecular complexity index is 1020. The summed E-state index contributed by atoms with van der Waals surface area (Å²) in [6.07, 6.45) is 3.70. The van der Waals surface area contributed by atoms with Crippen LogP contribution in [-0.2, 0) is 0 Å². The highest BCUT2D eigenvalue weighted by molar-refractivity contribution is 8.00. The van der Waals surface area contributed by atoms with Gasteiger partial charge in [0, 0.05) is 22.7 Å². The van der Waals surface area contributed by atoms with E-state index in [2.05, 4.69) is 20.3 Å². The first-order valence-electron chi connectivity index (χ1n) is 6.15. The fourth-order valence-corrected chi connectivity index (χ4v) is 3.51. The lowest BCUT2D eigenvalue weighted by atomic mass is 10.1. The summed E-state index contributed by atoms with van der Waals surface area (Å²) in [5.41, 5.74) is 1.77. The highest BCUT2D eigenvalue weighted by Crippen LogP contribution is 2.25. The fourth-order valence-electron chi connectivity index (χ4n) is 2.22. The van der Waals surface area contributed by atoms with Crippen LogP contribution in [0.1, 0.15) is 0 Å². The van der Waals surface area contributed by atoms with Gasteiger partial charge < -0.3 is 4.98 Å². The predicted molar refractivity (Wildman–Crippen MR) is 84.0 cm³/mol. The number of benzene rings is 1. The van der Waals surface area contributed by atoms with Gasteiger partial charge in [-0.15, -0.1) is 15.3 Å². The van der Waals surface area contributed by atoms with E-state index in [1.54, 1.807) is 6.20 Å². The molecule has 104 valence electrons.